The van der Waals surface area contributed by atoms with Crippen molar-refractivity contribution < 1.29 is 9.15 Å². The summed E-state index contributed by atoms with van der Waals surface area (Å²) in [5, 5.41) is 1.71. The predicted molar refractivity (Wildman–Crippen MR) is 117 cm³/mol. The summed E-state index contributed by atoms with van der Waals surface area (Å²) in [5.41, 5.74) is 5.77. The fraction of sp³-hybridized carbons (Fsp3) is 0.200. The smallest absolute Gasteiger partial charge is 0.176 e. The number of fused-ring (bicyclic) bond motifs is 2. The van der Waals surface area contributed by atoms with E-state index in [1.54, 1.807) is 7.11 Å². The van der Waals surface area contributed by atoms with E-state index in [0.717, 1.165) is 54.1 Å². The SMILES string of the molecule is COc1cc(CN2CCc3ccccc3C2)cc2cc(-c3ccccc3Cl)oc12. The van der Waals surface area contributed by atoms with Crippen LogP contribution in [0.3, 0.4) is 0 Å². The van der Waals surface area contributed by atoms with Crippen molar-refractivity contribution in [2.24, 2.45) is 0 Å². The molecule has 0 aliphatic carbocycles. The molecule has 2 heterocycles. The Balaban J connectivity index is 1.47. The topological polar surface area (TPSA) is 25.6 Å². The molecule has 3 nitrogen and oxygen atoms in total. The lowest BCUT2D eigenvalue weighted by atomic mass is 9.99. The average molecular weight is 404 g/mol. The normalized spacial score (nSPS) is 14.1. The minimum atomic E-state index is 0.678. The number of furan rings is 1. The van der Waals surface area contributed by atoms with E-state index in [0.29, 0.717) is 5.02 Å². The van der Waals surface area contributed by atoms with Crippen LogP contribution in [0.15, 0.2) is 71.1 Å². The van der Waals surface area contributed by atoms with Crippen LogP contribution in [-0.4, -0.2) is 18.6 Å². The minimum absolute atomic E-state index is 0.678. The third kappa shape index (κ3) is 3.52. The van der Waals surface area contributed by atoms with E-state index >= 15 is 0 Å². The number of nitrogens with zero attached hydrogens (tertiary/aromatic N) is 1. The first kappa shape index (κ1) is 18.3. The molecule has 4 aromatic rings. The molecule has 0 fully saturated rings. The van der Waals surface area contributed by atoms with Gasteiger partial charge in [0.1, 0.15) is 5.76 Å². The van der Waals surface area contributed by atoms with E-state index in [9.17, 15) is 0 Å². The number of rotatable bonds is 4. The first-order valence-corrected chi connectivity index (χ1v) is 10.2. The van der Waals surface area contributed by atoms with Crippen molar-refractivity contribution in [1.29, 1.82) is 0 Å². The number of halogens is 1. The molecule has 146 valence electrons. The second kappa shape index (κ2) is 7.58. The highest BCUT2D eigenvalue weighted by atomic mass is 35.5. The third-order valence-corrected chi connectivity index (χ3v) is 5.95. The van der Waals surface area contributed by atoms with E-state index in [1.807, 2.05) is 30.3 Å². The Morgan fingerprint density at radius 2 is 1.79 bits per heavy atom. The summed E-state index contributed by atoms with van der Waals surface area (Å²) < 4.78 is 11.8. The number of methoxy groups -OCH3 is 1. The largest absolute Gasteiger partial charge is 0.493 e. The summed E-state index contributed by atoms with van der Waals surface area (Å²) in [6, 6.07) is 22.8. The molecule has 0 bridgehead atoms. The van der Waals surface area contributed by atoms with Gasteiger partial charge in [-0.2, -0.15) is 0 Å². The second-order valence-corrected chi connectivity index (χ2v) is 7.94. The van der Waals surface area contributed by atoms with E-state index in [1.165, 1.54) is 16.7 Å². The molecule has 29 heavy (non-hydrogen) atoms. The third-order valence-electron chi connectivity index (χ3n) is 5.62. The van der Waals surface area contributed by atoms with Crippen LogP contribution in [0.5, 0.6) is 5.75 Å². The standard InChI is InChI=1S/C25H22ClNO2/c1-28-24-13-17(15-27-11-10-18-6-2-3-7-19(18)16-27)12-20-14-23(29-25(20)24)21-8-4-5-9-22(21)26/h2-9,12-14H,10-11,15-16H2,1H3. The molecule has 0 N–H and O–H groups in total. The van der Waals surface area contributed by atoms with Gasteiger partial charge in [0.25, 0.3) is 0 Å². The van der Waals surface area contributed by atoms with Crippen LogP contribution in [0.4, 0.5) is 0 Å². The van der Waals surface area contributed by atoms with Gasteiger partial charge in [-0.15, -0.1) is 0 Å². The van der Waals surface area contributed by atoms with E-state index in [4.69, 9.17) is 20.8 Å². The Hall–Kier alpha value is -2.75. The van der Waals surface area contributed by atoms with Crippen LogP contribution in [0, 0.1) is 0 Å². The summed E-state index contributed by atoms with van der Waals surface area (Å²) in [6.07, 6.45) is 1.10. The van der Waals surface area contributed by atoms with Crippen molar-refractivity contribution in [3.05, 3.63) is 88.4 Å². The molecule has 1 aliphatic heterocycles. The maximum atomic E-state index is 6.36. The van der Waals surface area contributed by atoms with Gasteiger partial charge in [-0.1, -0.05) is 48.0 Å². The summed E-state index contributed by atoms with van der Waals surface area (Å²) >= 11 is 6.36. The number of benzene rings is 3. The van der Waals surface area contributed by atoms with Crippen LogP contribution in [0.2, 0.25) is 5.02 Å². The number of hydrogen-bond acceptors (Lipinski definition) is 3. The lowest BCUT2D eigenvalue weighted by Gasteiger charge is -2.28. The van der Waals surface area contributed by atoms with Crippen LogP contribution >= 0.6 is 11.6 Å². The highest BCUT2D eigenvalue weighted by Gasteiger charge is 2.18. The molecule has 1 aliphatic rings. The zero-order chi connectivity index (χ0) is 19.8. The van der Waals surface area contributed by atoms with Gasteiger partial charge in [-0.3, -0.25) is 4.90 Å². The molecule has 0 unspecified atom stereocenters. The summed E-state index contributed by atoms with van der Waals surface area (Å²) in [6.45, 7) is 2.92. The molecule has 0 amide bonds. The minimum Gasteiger partial charge on any atom is -0.493 e. The van der Waals surface area contributed by atoms with E-state index in [2.05, 4.69) is 41.3 Å². The van der Waals surface area contributed by atoms with Gasteiger partial charge in [-0.05, 0) is 53.4 Å². The zero-order valence-corrected chi connectivity index (χ0v) is 17.1. The first-order valence-electron chi connectivity index (χ1n) is 9.86. The molecule has 0 saturated heterocycles. The number of hydrogen-bond donors (Lipinski definition) is 0. The van der Waals surface area contributed by atoms with Crippen LogP contribution in [0.1, 0.15) is 16.7 Å². The molecule has 0 spiro atoms. The van der Waals surface area contributed by atoms with Gasteiger partial charge in [0, 0.05) is 30.6 Å². The van der Waals surface area contributed by atoms with Crippen molar-refractivity contribution in [1.82, 2.24) is 4.90 Å². The molecule has 0 atom stereocenters. The van der Waals surface area contributed by atoms with Crippen LogP contribution in [-0.2, 0) is 19.5 Å². The zero-order valence-electron chi connectivity index (χ0n) is 16.3. The van der Waals surface area contributed by atoms with Crippen molar-refractivity contribution >= 4 is 22.6 Å². The second-order valence-electron chi connectivity index (χ2n) is 7.54. The van der Waals surface area contributed by atoms with E-state index in [-0.39, 0.29) is 0 Å². The first-order chi connectivity index (χ1) is 14.2. The fourth-order valence-corrected chi connectivity index (χ4v) is 4.39. The lowest BCUT2D eigenvalue weighted by Crippen LogP contribution is -2.29. The highest BCUT2D eigenvalue weighted by molar-refractivity contribution is 6.33. The van der Waals surface area contributed by atoms with Gasteiger partial charge in [0.2, 0.25) is 0 Å². The maximum Gasteiger partial charge on any atom is 0.176 e. The summed E-state index contributed by atoms with van der Waals surface area (Å²) in [4.78, 5) is 2.48. The van der Waals surface area contributed by atoms with Gasteiger partial charge < -0.3 is 9.15 Å². The number of ether oxygens (including phenoxy) is 1. The summed E-state index contributed by atoms with van der Waals surface area (Å²) in [5.74, 6) is 1.51. The molecule has 4 heteroatoms. The Bertz CT molecular complexity index is 1180. The Morgan fingerprint density at radius 3 is 2.62 bits per heavy atom. The molecule has 5 rings (SSSR count). The summed E-state index contributed by atoms with van der Waals surface area (Å²) in [7, 11) is 1.69. The van der Waals surface area contributed by atoms with Crippen LogP contribution in [0.25, 0.3) is 22.3 Å². The van der Waals surface area contributed by atoms with Gasteiger partial charge in [0.05, 0.1) is 12.1 Å². The predicted octanol–water partition coefficient (Wildman–Crippen LogP) is 6.32. The quantitative estimate of drug-likeness (QED) is 0.398. The molecule has 0 saturated carbocycles. The molecular formula is C25H22ClNO2. The van der Waals surface area contributed by atoms with Crippen molar-refractivity contribution in [2.75, 3.05) is 13.7 Å². The van der Waals surface area contributed by atoms with Crippen molar-refractivity contribution in [3.8, 4) is 17.1 Å². The fourth-order valence-electron chi connectivity index (χ4n) is 4.16. The van der Waals surface area contributed by atoms with Gasteiger partial charge >= 0.3 is 0 Å². The molecule has 3 aromatic carbocycles. The monoisotopic (exact) mass is 403 g/mol. The maximum absolute atomic E-state index is 6.36. The van der Waals surface area contributed by atoms with Gasteiger partial charge in [-0.25, -0.2) is 0 Å². The van der Waals surface area contributed by atoms with Crippen molar-refractivity contribution in [2.45, 2.75) is 19.5 Å². The Kier molecular flexibility index (Phi) is 4.78. The van der Waals surface area contributed by atoms with Crippen molar-refractivity contribution in [3.63, 3.8) is 0 Å². The molecular weight excluding hydrogens is 382 g/mol. The highest BCUT2D eigenvalue weighted by Crippen LogP contribution is 2.37. The van der Waals surface area contributed by atoms with E-state index < -0.39 is 0 Å². The Labute approximate surface area is 175 Å². The lowest BCUT2D eigenvalue weighted by molar-refractivity contribution is 0.245. The van der Waals surface area contributed by atoms with Crippen LogP contribution < -0.4 is 4.74 Å². The molecule has 1 aromatic heterocycles. The molecule has 0 radical (unpaired) electrons. The Morgan fingerprint density at radius 1 is 1.00 bits per heavy atom. The van der Waals surface area contributed by atoms with Gasteiger partial charge in [0.15, 0.2) is 11.3 Å². The average Bonchev–Trinajstić information content (AvgIpc) is 3.17.